The number of anilines is 1. The summed E-state index contributed by atoms with van der Waals surface area (Å²) in [4.78, 5) is 12.7. The Morgan fingerprint density at radius 1 is 1.24 bits per heavy atom. The molecule has 1 aromatic rings. The fraction of sp³-hybridized carbons (Fsp3) is 0.529. The van der Waals surface area contributed by atoms with Crippen LogP contribution in [0.3, 0.4) is 0 Å². The van der Waals surface area contributed by atoms with Gasteiger partial charge in [-0.3, -0.25) is 4.79 Å². The molecule has 0 aliphatic carbocycles. The van der Waals surface area contributed by atoms with Gasteiger partial charge in [0.1, 0.15) is 5.41 Å². The molecule has 0 radical (unpaired) electrons. The number of benzene rings is 1. The van der Waals surface area contributed by atoms with Gasteiger partial charge in [0.05, 0.1) is 6.07 Å². The van der Waals surface area contributed by atoms with E-state index in [-0.39, 0.29) is 5.91 Å². The molecule has 21 heavy (non-hydrogen) atoms. The largest absolute Gasteiger partial charge is 0.324 e. The third-order valence-corrected chi connectivity index (χ3v) is 4.20. The van der Waals surface area contributed by atoms with Crippen LogP contribution in [0.25, 0.3) is 0 Å². The van der Waals surface area contributed by atoms with Crippen molar-refractivity contribution >= 4 is 27.5 Å². The quantitative estimate of drug-likeness (QED) is 0.774. The van der Waals surface area contributed by atoms with Crippen molar-refractivity contribution in [3.05, 3.63) is 27.7 Å². The van der Waals surface area contributed by atoms with Crippen LogP contribution in [0, 0.1) is 30.6 Å². The molecule has 1 N–H and O–H groups in total. The zero-order chi connectivity index (χ0) is 16.0. The molecular formula is C17H23BrN2O. The summed E-state index contributed by atoms with van der Waals surface area (Å²) in [5.41, 5.74) is 1.88. The second-order valence-corrected chi connectivity index (χ2v) is 6.48. The Morgan fingerprint density at radius 3 is 2.10 bits per heavy atom. The molecule has 0 saturated heterocycles. The molecule has 114 valence electrons. The highest BCUT2D eigenvalue weighted by Gasteiger charge is 2.37. The number of aryl methyl sites for hydroxylation is 2. The van der Waals surface area contributed by atoms with Crippen molar-refractivity contribution in [1.29, 1.82) is 5.26 Å². The Balaban J connectivity index is 3.11. The molecule has 4 heteroatoms. The summed E-state index contributed by atoms with van der Waals surface area (Å²) < 4.78 is 0.990. The zero-order valence-electron chi connectivity index (χ0n) is 13.2. The van der Waals surface area contributed by atoms with Crippen LogP contribution in [0.4, 0.5) is 5.69 Å². The van der Waals surface area contributed by atoms with Crippen LogP contribution < -0.4 is 5.32 Å². The molecule has 0 bridgehead atoms. The van der Waals surface area contributed by atoms with E-state index < -0.39 is 5.41 Å². The summed E-state index contributed by atoms with van der Waals surface area (Å²) in [6.07, 6.45) is 2.83. The second-order valence-electron chi connectivity index (χ2n) is 5.56. The maximum atomic E-state index is 12.7. The minimum atomic E-state index is -0.921. The second kappa shape index (κ2) is 7.61. The van der Waals surface area contributed by atoms with Gasteiger partial charge >= 0.3 is 0 Å². The van der Waals surface area contributed by atoms with E-state index in [0.717, 1.165) is 34.1 Å². The Morgan fingerprint density at radius 2 is 1.71 bits per heavy atom. The summed E-state index contributed by atoms with van der Waals surface area (Å²) >= 11 is 3.45. The first-order valence-electron chi connectivity index (χ1n) is 7.39. The minimum absolute atomic E-state index is 0.178. The van der Waals surface area contributed by atoms with Crippen molar-refractivity contribution in [2.75, 3.05) is 5.32 Å². The van der Waals surface area contributed by atoms with E-state index in [1.54, 1.807) is 0 Å². The van der Waals surface area contributed by atoms with Crippen molar-refractivity contribution in [2.24, 2.45) is 5.41 Å². The molecule has 0 aliphatic heterocycles. The lowest BCUT2D eigenvalue weighted by atomic mass is 9.79. The van der Waals surface area contributed by atoms with Crippen molar-refractivity contribution in [3.8, 4) is 6.07 Å². The van der Waals surface area contributed by atoms with Gasteiger partial charge in [-0.1, -0.05) is 42.6 Å². The summed E-state index contributed by atoms with van der Waals surface area (Å²) in [6, 6.07) is 6.20. The van der Waals surface area contributed by atoms with Crippen LogP contribution in [-0.2, 0) is 4.79 Å². The third kappa shape index (κ3) is 4.07. The highest BCUT2D eigenvalue weighted by molar-refractivity contribution is 9.10. The predicted octanol–water partition coefficient (Wildman–Crippen LogP) is 5.11. The van der Waals surface area contributed by atoms with Crippen LogP contribution in [0.2, 0.25) is 0 Å². The Kier molecular flexibility index (Phi) is 6.42. The van der Waals surface area contributed by atoms with Crippen molar-refractivity contribution in [3.63, 3.8) is 0 Å². The normalized spacial score (nSPS) is 11.0. The van der Waals surface area contributed by atoms with Gasteiger partial charge in [-0.05, 0) is 49.9 Å². The fourth-order valence-electron chi connectivity index (χ4n) is 2.71. The molecule has 0 saturated carbocycles. The topological polar surface area (TPSA) is 52.9 Å². The SMILES string of the molecule is CCCC(C#N)(CCC)C(=O)Nc1c(C)cc(Br)cc1C. The number of amides is 1. The van der Waals surface area contributed by atoms with Crippen LogP contribution >= 0.6 is 15.9 Å². The molecule has 0 spiro atoms. The van der Waals surface area contributed by atoms with E-state index in [1.807, 2.05) is 39.8 Å². The van der Waals surface area contributed by atoms with Crippen molar-refractivity contribution in [1.82, 2.24) is 0 Å². The molecule has 0 heterocycles. The van der Waals surface area contributed by atoms with Gasteiger partial charge in [0, 0.05) is 10.2 Å². The number of carbonyl (C=O) groups excluding carboxylic acids is 1. The average Bonchev–Trinajstić information content (AvgIpc) is 2.42. The van der Waals surface area contributed by atoms with E-state index in [0.29, 0.717) is 12.8 Å². The fourth-order valence-corrected chi connectivity index (χ4v) is 3.40. The van der Waals surface area contributed by atoms with Gasteiger partial charge in [0.2, 0.25) is 5.91 Å². The third-order valence-electron chi connectivity index (χ3n) is 3.74. The van der Waals surface area contributed by atoms with Crippen molar-refractivity contribution < 1.29 is 4.79 Å². The first-order valence-corrected chi connectivity index (χ1v) is 8.19. The standard InChI is InChI=1S/C17H23BrN2O/c1-5-7-17(11-19,8-6-2)16(21)20-15-12(3)9-14(18)10-13(15)4/h9-10H,5-8H2,1-4H3,(H,20,21). The van der Waals surface area contributed by atoms with E-state index >= 15 is 0 Å². The highest BCUT2D eigenvalue weighted by atomic mass is 79.9. The molecule has 1 aromatic carbocycles. The maximum Gasteiger partial charge on any atom is 0.244 e. The lowest BCUT2D eigenvalue weighted by Crippen LogP contribution is -2.35. The minimum Gasteiger partial charge on any atom is -0.324 e. The van der Waals surface area contributed by atoms with Crippen molar-refractivity contribution in [2.45, 2.75) is 53.4 Å². The Hall–Kier alpha value is -1.34. The van der Waals surface area contributed by atoms with E-state index in [2.05, 4.69) is 27.3 Å². The summed E-state index contributed by atoms with van der Waals surface area (Å²) in [6.45, 7) is 7.93. The molecule has 1 rings (SSSR count). The summed E-state index contributed by atoms with van der Waals surface area (Å²) in [5.74, 6) is -0.178. The lowest BCUT2D eigenvalue weighted by Gasteiger charge is -2.25. The van der Waals surface area contributed by atoms with Crippen LogP contribution in [0.5, 0.6) is 0 Å². The molecule has 0 aromatic heterocycles. The van der Waals surface area contributed by atoms with Crippen LogP contribution in [0.15, 0.2) is 16.6 Å². The van der Waals surface area contributed by atoms with E-state index in [1.165, 1.54) is 0 Å². The van der Waals surface area contributed by atoms with E-state index in [9.17, 15) is 10.1 Å². The number of nitriles is 1. The van der Waals surface area contributed by atoms with Gasteiger partial charge in [0.25, 0.3) is 0 Å². The van der Waals surface area contributed by atoms with E-state index in [4.69, 9.17) is 0 Å². The van der Waals surface area contributed by atoms with Gasteiger partial charge in [-0.2, -0.15) is 5.26 Å². The van der Waals surface area contributed by atoms with Gasteiger partial charge in [-0.25, -0.2) is 0 Å². The molecule has 0 atom stereocenters. The molecule has 3 nitrogen and oxygen atoms in total. The molecule has 0 aliphatic rings. The smallest absolute Gasteiger partial charge is 0.244 e. The Labute approximate surface area is 135 Å². The average molecular weight is 351 g/mol. The summed E-state index contributed by atoms with van der Waals surface area (Å²) in [5, 5.41) is 12.5. The first kappa shape index (κ1) is 17.7. The van der Waals surface area contributed by atoms with Crippen LogP contribution in [0.1, 0.15) is 50.7 Å². The van der Waals surface area contributed by atoms with Gasteiger partial charge in [0.15, 0.2) is 0 Å². The first-order chi connectivity index (χ1) is 9.90. The molecule has 1 amide bonds. The molecular weight excluding hydrogens is 328 g/mol. The highest BCUT2D eigenvalue weighted by Crippen LogP contribution is 2.33. The monoisotopic (exact) mass is 350 g/mol. The van der Waals surface area contributed by atoms with Gasteiger partial charge < -0.3 is 5.32 Å². The number of nitrogens with one attached hydrogen (secondary N) is 1. The number of hydrogen-bond donors (Lipinski definition) is 1. The Bertz CT molecular complexity index is 531. The maximum absolute atomic E-state index is 12.7. The number of carbonyl (C=O) groups is 1. The van der Waals surface area contributed by atoms with Crippen LogP contribution in [-0.4, -0.2) is 5.91 Å². The number of hydrogen-bond acceptors (Lipinski definition) is 2. The lowest BCUT2D eigenvalue weighted by molar-refractivity contribution is -0.123. The predicted molar refractivity (Wildman–Crippen MR) is 90.1 cm³/mol. The molecule has 0 unspecified atom stereocenters. The number of nitrogens with zero attached hydrogens (tertiary/aromatic N) is 1. The number of rotatable bonds is 6. The number of halogens is 1. The zero-order valence-corrected chi connectivity index (χ0v) is 14.8. The van der Waals surface area contributed by atoms with Gasteiger partial charge in [-0.15, -0.1) is 0 Å². The summed E-state index contributed by atoms with van der Waals surface area (Å²) in [7, 11) is 0. The molecule has 0 fully saturated rings.